The Kier molecular flexibility index (Phi) is 3.30. The Morgan fingerprint density at radius 2 is 1.86 bits per heavy atom. The quantitative estimate of drug-likeness (QED) is 0.750. The van der Waals surface area contributed by atoms with Gasteiger partial charge in [-0.1, -0.05) is 0 Å². The minimum atomic E-state index is -0.803. The second-order valence-corrected chi connectivity index (χ2v) is 3.06. The second kappa shape index (κ2) is 4.28. The van der Waals surface area contributed by atoms with E-state index in [4.69, 9.17) is 0 Å². The SMILES string of the molecule is CNCC(=O)c1c(F)cc(C)cc1F. The molecule has 4 heteroatoms. The molecular weight excluding hydrogens is 188 g/mol. The Morgan fingerprint density at radius 3 is 2.29 bits per heavy atom. The molecule has 0 fully saturated rings. The molecule has 14 heavy (non-hydrogen) atoms. The van der Waals surface area contributed by atoms with Crippen molar-refractivity contribution in [2.75, 3.05) is 13.6 Å². The molecule has 0 aliphatic heterocycles. The van der Waals surface area contributed by atoms with Gasteiger partial charge in [0.15, 0.2) is 5.78 Å². The standard InChI is InChI=1S/C10H11F2NO/c1-6-3-7(11)10(8(12)4-6)9(14)5-13-2/h3-4,13H,5H2,1-2H3. The lowest BCUT2D eigenvalue weighted by molar-refractivity contribution is 0.0985. The maximum atomic E-state index is 13.2. The van der Waals surface area contributed by atoms with Crippen molar-refractivity contribution >= 4 is 5.78 Å². The summed E-state index contributed by atoms with van der Waals surface area (Å²) in [4.78, 5) is 11.3. The molecular formula is C10H11F2NO. The minimum absolute atomic E-state index is 0.0725. The number of hydrogen-bond donors (Lipinski definition) is 1. The molecule has 0 aliphatic carbocycles. The summed E-state index contributed by atoms with van der Waals surface area (Å²) >= 11 is 0. The normalized spacial score (nSPS) is 10.3. The first-order chi connectivity index (χ1) is 6.56. The maximum Gasteiger partial charge on any atom is 0.182 e. The molecule has 1 aromatic carbocycles. The van der Waals surface area contributed by atoms with Crippen LogP contribution in [0.5, 0.6) is 0 Å². The highest BCUT2D eigenvalue weighted by molar-refractivity contribution is 5.98. The van der Waals surface area contributed by atoms with E-state index in [9.17, 15) is 13.6 Å². The van der Waals surface area contributed by atoms with Gasteiger partial charge in [-0.2, -0.15) is 0 Å². The van der Waals surface area contributed by atoms with Gasteiger partial charge in [0.1, 0.15) is 11.6 Å². The zero-order chi connectivity index (χ0) is 10.7. The van der Waals surface area contributed by atoms with Crippen LogP contribution in [0.2, 0.25) is 0 Å². The van der Waals surface area contributed by atoms with Crippen LogP contribution in [-0.4, -0.2) is 19.4 Å². The molecule has 1 aromatic rings. The first-order valence-corrected chi connectivity index (χ1v) is 4.19. The van der Waals surface area contributed by atoms with E-state index in [2.05, 4.69) is 5.32 Å². The summed E-state index contributed by atoms with van der Waals surface area (Å²) in [5.41, 5.74) is -0.00837. The number of halogens is 2. The summed E-state index contributed by atoms with van der Waals surface area (Å²) in [6.45, 7) is 1.50. The number of likely N-dealkylation sites (N-methyl/N-ethyl adjacent to an activating group) is 1. The molecule has 0 bridgehead atoms. The Bertz CT molecular complexity index is 340. The average molecular weight is 199 g/mol. The first-order valence-electron chi connectivity index (χ1n) is 4.19. The van der Waals surface area contributed by atoms with Crippen molar-refractivity contribution in [1.82, 2.24) is 5.32 Å². The highest BCUT2D eigenvalue weighted by Gasteiger charge is 2.16. The fourth-order valence-electron chi connectivity index (χ4n) is 1.22. The molecule has 0 aliphatic rings. The van der Waals surface area contributed by atoms with E-state index in [0.29, 0.717) is 5.56 Å². The first kappa shape index (κ1) is 10.8. The molecule has 0 aromatic heterocycles. The average Bonchev–Trinajstić information content (AvgIpc) is 2.01. The van der Waals surface area contributed by atoms with Crippen LogP contribution in [0, 0.1) is 18.6 Å². The van der Waals surface area contributed by atoms with Crippen LogP contribution in [0.25, 0.3) is 0 Å². The van der Waals surface area contributed by atoms with Crippen LogP contribution in [0.15, 0.2) is 12.1 Å². The van der Waals surface area contributed by atoms with E-state index < -0.39 is 23.0 Å². The lowest BCUT2D eigenvalue weighted by Crippen LogP contribution is -2.20. The van der Waals surface area contributed by atoms with Crippen LogP contribution in [0.3, 0.4) is 0 Å². The third-order valence-corrected chi connectivity index (χ3v) is 1.80. The van der Waals surface area contributed by atoms with Gasteiger partial charge in [-0.25, -0.2) is 8.78 Å². The van der Waals surface area contributed by atoms with E-state index in [0.717, 1.165) is 12.1 Å². The molecule has 1 rings (SSSR count). The fourth-order valence-corrected chi connectivity index (χ4v) is 1.22. The van der Waals surface area contributed by atoms with Gasteiger partial charge in [-0.05, 0) is 31.7 Å². The summed E-state index contributed by atoms with van der Waals surface area (Å²) in [5, 5.41) is 2.55. The van der Waals surface area contributed by atoms with Crippen molar-refractivity contribution in [2.24, 2.45) is 0 Å². The van der Waals surface area contributed by atoms with Gasteiger partial charge in [0.25, 0.3) is 0 Å². The molecule has 0 saturated heterocycles. The summed E-state index contributed by atoms with van der Waals surface area (Å²) in [6, 6.07) is 2.29. The third-order valence-electron chi connectivity index (χ3n) is 1.80. The molecule has 0 amide bonds. The number of Topliss-reactive ketones (excluding diaryl/α,β-unsaturated/α-hetero) is 1. The predicted molar refractivity (Wildman–Crippen MR) is 49.4 cm³/mol. The van der Waals surface area contributed by atoms with E-state index in [1.54, 1.807) is 14.0 Å². The van der Waals surface area contributed by atoms with Gasteiger partial charge in [0, 0.05) is 0 Å². The van der Waals surface area contributed by atoms with Crippen molar-refractivity contribution in [3.8, 4) is 0 Å². The molecule has 0 heterocycles. The molecule has 1 N–H and O–H groups in total. The van der Waals surface area contributed by atoms with Gasteiger partial charge in [-0.15, -0.1) is 0 Å². The Morgan fingerprint density at radius 1 is 1.36 bits per heavy atom. The summed E-state index contributed by atoms with van der Waals surface area (Å²) < 4.78 is 26.4. The van der Waals surface area contributed by atoms with Crippen molar-refractivity contribution in [1.29, 1.82) is 0 Å². The van der Waals surface area contributed by atoms with E-state index in [1.165, 1.54) is 0 Å². The predicted octanol–water partition coefficient (Wildman–Crippen LogP) is 1.68. The third kappa shape index (κ3) is 2.14. The molecule has 0 unspecified atom stereocenters. The van der Waals surface area contributed by atoms with Gasteiger partial charge >= 0.3 is 0 Å². The van der Waals surface area contributed by atoms with Gasteiger partial charge < -0.3 is 5.32 Å². The lowest BCUT2D eigenvalue weighted by Gasteiger charge is -2.04. The second-order valence-electron chi connectivity index (χ2n) is 3.06. The lowest BCUT2D eigenvalue weighted by atomic mass is 10.1. The topological polar surface area (TPSA) is 29.1 Å². The number of carbonyl (C=O) groups is 1. The molecule has 76 valence electrons. The van der Waals surface area contributed by atoms with Crippen molar-refractivity contribution in [3.63, 3.8) is 0 Å². The maximum absolute atomic E-state index is 13.2. The largest absolute Gasteiger partial charge is 0.313 e. The molecule has 0 spiro atoms. The van der Waals surface area contributed by atoms with E-state index in [1.807, 2.05) is 0 Å². The van der Waals surface area contributed by atoms with E-state index >= 15 is 0 Å². The summed E-state index contributed by atoms with van der Waals surface area (Å²) in [5.74, 6) is -2.19. The van der Waals surface area contributed by atoms with Crippen LogP contribution < -0.4 is 5.32 Å². The van der Waals surface area contributed by atoms with Gasteiger partial charge in [0.05, 0.1) is 12.1 Å². The number of hydrogen-bond acceptors (Lipinski definition) is 2. The number of nitrogens with one attached hydrogen (secondary N) is 1. The number of benzene rings is 1. The number of aryl methyl sites for hydroxylation is 1. The zero-order valence-corrected chi connectivity index (χ0v) is 8.03. The Balaban J connectivity index is 3.14. The van der Waals surface area contributed by atoms with Crippen LogP contribution in [0.1, 0.15) is 15.9 Å². The number of rotatable bonds is 3. The van der Waals surface area contributed by atoms with Crippen LogP contribution >= 0.6 is 0 Å². The monoisotopic (exact) mass is 199 g/mol. The Hall–Kier alpha value is -1.29. The summed E-state index contributed by atoms with van der Waals surface area (Å²) in [6.07, 6.45) is 0. The van der Waals surface area contributed by atoms with Crippen molar-refractivity contribution in [2.45, 2.75) is 6.92 Å². The fraction of sp³-hybridized carbons (Fsp3) is 0.300. The van der Waals surface area contributed by atoms with Gasteiger partial charge in [0.2, 0.25) is 0 Å². The van der Waals surface area contributed by atoms with E-state index in [-0.39, 0.29) is 6.54 Å². The molecule has 0 atom stereocenters. The Labute approximate surface area is 80.9 Å². The number of ketones is 1. The highest BCUT2D eigenvalue weighted by atomic mass is 19.1. The highest BCUT2D eigenvalue weighted by Crippen LogP contribution is 2.15. The van der Waals surface area contributed by atoms with Crippen LogP contribution in [-0.2, 0) is 0 Å². The zero-order valence-electron chi connectivity index (χ0n) is 8.03. The molecule has 0 radical (unpaired) electrons. The number of carbonyl (C=O) groups excluding carboxylic acids is 1. The van der Waals surface area contributed by atoms with Crippen molar-refractivity contribution < 1.29 is 13.6 Å². The molecule has 2 nitrogen and oxygen atoms in total. The molecule has 0 saturated carbocycles. The van der Waals surface area contributed by atoms with Crippen molar-refractivity contribution in [3.05, 3.63) is 34.9 Å². The minimum Gasteiger partial charge on any atom is -0.313 e. The van der Waals surface area contributed by atoms with Gasteiger partial charge in [-0.3, -0.25) is 4.79 Å². The summed E-state index contributed by atoms with van der Waals surface area (Å²) in [7, 11) is 1.54. The smallest absolute Gasteiger partial charge is 0.182 e. The van der Waals surface area contributed by atoms with Crippen LogP contribution in [0.4, 0.5) is 8.78 Å².